The van der Waals surface area contributed by atoms with Crippen molar-refractivity contribution < 1.29 is 9.84 Å². The maximum Gasteiger partial charge on any atom is 0.124 e. The van der Waals surface area contributed by atoms with Gasteiger partial charge in [-0.1, -0.05) is 11.6 Å². The summed E-state index contributed by atoms with van der Waals surface area (Å²) in [4.78, 5) is 0. The lowest BCUT2D eigenvalue weighted by atomic mass is 10.1. The highest BCUT2D eigenvalue weighted by Gasteiger charge is 2.22. The second kappa shape index (κ2) is 5.04. The number of rotatable bonds is 5. The Balaban J connectivity index is 2.06. The Hall–Kier alpha value is -0.770. The highest BCUT2D eigenvalue weighted by molar-refractivity contribution is 6.30. The first-order valence-corrected chi connectivity index (χ1v) is 5.83. The van der Waals surface area contributed by atoms with Crippen molar-refractivity contribution >= 4 is 11.6 Å². The molecular weight excluding hydrogens is 226 g/mol. The minimum Gasteiger partial charge on any atom is -0.496 e. The summed E-state index contributed by atoms with van der Waals surface area (Å²) in [5, 5.41) is 13.9. The zero-order chi connectivity index (χ0) is 11.5. The van der Waals surface area contributed by atoms with Gasteiger partial charge in [0.25, 0.3) is 0 Å². The number of ether oxygens (including phenoxy) is 1. The van der Waals surface area contributed by atoms with Crippen molar-refractivity contribution in [3.05, 3.63) is 28.8 Å². The molecule has 0 amide bonds. The molecule has 0 aromatic heterocycles. The minimum atomic E-state index is -0.575. The molecule has 88 valence electrons. The molecule has 2 N–H and O–H groups in total. The molecule has 16 heavy (non-hydrogen) atoms. The number of aliphatic hydroxyl groups excluding tert-OH is 1. The quantitative estimate of drug-likeness (QED) is 0.830. The Labute approximate surface area is 100 Å². The van der Waals surface area contributed by atoms with Crippen molar-refractivity contribution in [2.75, 3.05) is 13.7 Å². The third-order valence-corrected chi connectivity index (χ3v) is 2.96. The Morgan fingerprint density at radius 3 is 2.94 bits per heavy atom. The summed E-state index contributed by atoms with van der Waals surface area (Å²) in [5.41, 5.74) is 0.739. The van der Waals surface area contributed by atoms with Crippen molar-refractivity contribution in [1.82, 2.24) is 5.32 Å². The Morgan fingerprint density at radius 1 is 1.56 bits per heavy atom. The van der Waals surface area contributed by atoms with E-state index in [1.165, 1.54) is 12.8 Å². The summed E-state index contributed by atoms with van der Waals surface area (Å²) in [6.07, 6.45) is 1.84. The summed E-state index contributed by atoms with van der Waals surface area (Å²) in [5.74, 6) is 0.675. The molecule has 0 spiro atoms. The van der Waals surface area contributed by atoms with Crippen molar-refractivity contribution in [3.63, 3.8) is 0 Å². The topological polar surface area (TPSA) is 41.5 Å². The largest absolute Gasteiger partial charge is 0.496 e. The van der Waals surface area contributed by atoms with Gasteiger partial charge in [0.05, 0.1) is 13.2 Å². The number of aliphatic hydroxyl groups is 1. The predicted molar refractivity (Wildman–Crippen MR) is 64.0 cm³/mol. The van der Waals surface area contributed by atoms with Crippen LogP contribution in [0.1, 0.15) is 24.5 Å². The molecule has 1 unspecified atom stereocenters. The molecule has 0 bridgehead atoms. The van der Waals surface area contributed by atoms with Crippen LogP contribution >= 0.6 is 11.6 Å². The fraction of sp³-hybridized carbons (Fsp3) is 0.500. The van der Waals surface area contributed by atoms with Gasteiger partial charge in [0.2, 0.25) is 0 Å². The molecule has 1 aliphatic carbocycles. The van der Waals surface area contributed by atoms with E-state index in [9.17, 15) is 5.11 Å². The van der Waals surface area contributed by atoms with Gasteiger partial charge in [0.1, 0.15) is 5.75 Å². The molecule has 1 saturated carbocycles. The molecule has 0 radical (unpaired) electrons. The summed E-state index contributed by atoms with van der Waals surface area (Å²) < 4.78 is 5.20. The van der Waals surface area contributed by atoms with Gasteiger partial charge in [0, 0.05) is 23.2 Å². The van der Waals surface area contributed by atoms with Crippen molar-refractivity contribution in [2.24, 2.45) is 0 Å². The number of hydrogen-bond acceptors (Lipinski definition) is 3. The molecule has 1 fully saturated rings. The van der Waals surface area contributed by atoms with Gasteiger partial charge in [-0.2, -0.15) is 0 Å². The molecule has 0 heterocycles. The lowest BCUT2D eigenvalue weighted by Gasteiger charge is -2.15. The van der Waals surface area contributed by atoms with Crippen LogP contribution in [0.25, 0.3) is 0 Å². The SMILES string of the molecule is COc1ccc(Cl)cc1C(O)CNC1CC1. The standard InChI is InChI=1S/C12H16ClNO2/c1-16-12-5-2-8(13)6-10(12)11(15)7-14-9-3-4-9/h2,5-6,9,11,14-15H,3-4,7H2,1H3. The van der Waals surface area contributed by atoms with Crippen LogP contribution in [0.2, 0.25) is 5.02 Å². The lowest BCUT2D eigenvalue weighted by molar-refractivity contribution is 0.170. The van der Waals surface area contributed by atoms with E-state index in [1.807, 2.05) is 0 Å². The van der Waals surface area contributed by atoms with E-state index in [2.05, 4.69) is 5.32 Å². The maximum atomic E-state index is 10.0. The summed E-state index contributed by atoms with van der Waals surface area (Å²) >= 11 is 5.91. The first-order valence-electron chi connectivity index (χ1n) is 5.45. The molecule has 3 nitrogen and oxygen atoms in total. The molecule has 1 atom stereocenters. The number of nitrogens with one attached hydrogen (secondary N) is 1. The van der Waals surface area contributed by atoms with Gasteiger partial charge < -0.3 is 15.2 Å². The number of hydrogen-bond donors (Lipinski definition) is 2. The van der Waals surface area contributed by atoms with Crippen LogP contribution in [-0.4, -0.2) is 24.8 Å². The summed E-state index contributed by atoms with van der Waals surface area (Å²) in [6.45, 7) is 0.543. The molecule has 1 aromatic rings. The first kappa shape index (κ1) is 11.7. The predicted octanol–water partition coefficient (Wildman–Crippen LogP) is 2.13. The second-order valence-corrected chi connectivity index (χ2v) is 4.52. The average molecular weight is 242 g/mol. The zero-order valence-electron chi connectivity index (χ0n) is 9.24. The van der Waals surface area contributed by atoms with Crippen LogP contribution in [0.15, 0.2) is 18.2 Å². The molecule has 2 rings (SSSR count). The Bertz CT molecular complexity index is 366. The van der Waals surface area contributed by atoms with Gasteiger partial charge in [-0.05, 0) is 31.0 Å². The third-order valence-electron chi connectivity index (χ3n) is 2.73. The van der Waals surface area contributed by atoms with Crippen LogP contribution in [0, 0.1) is 0 Å². The van der Waals surface area contributed by atoms with E-state index < -0.39 is 6.10 Å². The molecule has 1 aliphatic rings. The fourth-order valence-electron chi connectivity index (χ4n) is 1.64. The molecular formula is C12H16ClNO2. The van der Waals surface area contributed by atoms with E-state index in [1.54, 1.807) is 25.3 Å². The van der Waals surface area contributed by atoms with Crippen molar-refractivity contribution in [1.29, 1.82) is 0 Å². The van der Waals surface area contributed by atoms with Crippen LogP contribution in [0.3, 0.4) is 0 Å². The molecule has 1 aromatic carbocycles. The molecule has 0 saturated heterocycles. The van der Waals surface area contributed by atoms with Gasteiger partial charge in [0.15, 0.2) is 0 Å². The monoisotopic (exact) mass is 241 g/mol. The number of benzene rings is 1. The highest BCUT2D eigenvalue weighted by Crippen LogP contribution is 2.28. The number of methoxy groups -OCH3 is 1. The first-order chi connectivity index (χ1) is 7.70. The molecule has 0 aliphatic heterocycles. The van der Waals surface area contributed by atoms with E-state index >= 15 is 0 Å². The Kier molecular flexibility index (Phi) is 3.69. The Morgan fingerprint density at radius 2 is 2.31 bits per heavy atom. The minimum absolute atomic E-state index is 0.543. The van der Waals surface area contributed by atoms with Gasteiger partial charge in [-0.25, -0.2) is 0 Å². The normalized spacial score (nSPS) is 17.2. The summed E-state index contributed by atoms with van der Waals surface area (Å²) in [7, 11) is 1.59. The van der Waals surface area contributed by atoms with Crippen LogP contribution in [0.5, 0.6) is 5.75 Å². The maximum absolute atomic E-state index is 10.0. The van der Waals surface area contributed by atoms with E-state index in [0.29, 0.717) is 23.4 Å². The van der Waals surface area contributed by atoms with Gasteiger partial charge in [-0.3, -0.25) is 0 Å². The van der Waals surface area contributed by atoms with Gasteiger partial charge >= 0.3 is 0 Å². The zero-order valence-corrected chi connectivity index (χ0v) is 10.00. The van der Waals surface area contributed by atoms with E-state index in [0.717, 1.165) is 5.56 Å². The van der Waals surface area contributed by atoms with Crippen LogP contribution in [-0.2, 0) is 0 Å². The number of halogens is 1. The highest BCUT2D eigenvalue weighted by atomic mass is 35.5. The molecule has 4 heteroatoms. The van der Waals surface area contributed by atoms with Gasteiger partial charge in [-0.15, -0.1) is 0 Å². The summed E-state index contributed by atoms with van der Waals surface area (Å²) in [6, 6.07) is 5.86. The average Bonchev–Trinajstić information content (AvgIpc) is 3.09. The van der Waals surface area contributed by atoms with Crippen molar-refractivity contribution in [2.45, 2.75) is 25.0 Å². The van der Waals surface area contributed by atoms with E-state index in [4.69, 9.17) is 16.3 Å². The van der Waals surface area contributed by atoms with Crippen LogP contribution < -0.4 is 10.1 Å². The smallest absolute Gasteiger partial charge is 0.124 e. The lowest BCUT2D eigenvalue weighted by Crippen LogP contribution is -2.23. The van der Waals surface area contributed by atoms with Crippen LogP contribution in [0.4, 0.5) is 0 Å². The fourth-order valence-corrected chi connectivity index (χ4v) is 1.82. The third kappa shape index (κ3) is 2.88. The van der Waals surface area contributed by atoms with Crippen molar-refractivity contribution in [3.8, 4) is 5.75 Å². The second-order valence-electron chi connectivity index (χ2n) is 4.08. The van der Waals surface area contributed by atoms with E-state index in [-0.39, 0.29) is 0 Å².